The fourth-order valence-electron chi connectivity index (χ4n) is 4.98. The maximum absolute atomic E-state index is 11.0. The first-order valence-electron chi connectivity index (χ1n) is 21.2. The summed E-state index contributed by atoms with van der Waals surface area (Å²) in [5, 5.41) is 15.1. The summed E-state index contributed by atoms with van der Waals surface area (Å²) in [6, 6.07) is 1.54. The standard InChI is InChI=1S/C29H68N2O12Si3.C7H20N2O2Si.4CH4/c1-7-9-30-10-11-31-46(6,33)43-45(5,42-44(2,3)4)29-8-13-34-15-17-36-19-21-38-23-25-40-27-28-41-26-24-39-22-20-37-18-16-35-14-12-32;1-11-12(2,10)7-3-5-9-6-4-8;;;;/h30-33H,7-29H2,1-6H3;9-10H,3-8H2,1-2H3;4*1H4. The van der Waals surface area contributed by atoms with E-state index in [-0.39, 0.29) is 36.3 Å². The first-order valence-corrected chi connectivity index (χ1v) is 32.0. The lowest BCUT2D eigenvalue weighted by atomic mass is 10.5. The second-order valence-electron chi connectivity index (χ2n) is 14.9. The molecule has 0 aromatic carbocycles. The van der Waals surface area contributed by atoms with Crippen molar-refractivity contribution in [1.82, 2.24) is 15.6 Å². The van der Waals surface area contributed by atoms with Crippen LogP contribution < -0.4 is 21.3 Å². The van der Waals surface area contributed by atoms with Gasteiger partial charge in [0.2, 0.25) is 0 Å². The van der Waals surface area contributed by atoms with Crippen LogP contribution in [0.1, 0.15) is 55.9 Å². The largest absolute Gasteiger partial charge is 0.437 e. The topological polar surface area (TPSA) is 224 Å². The zero-order chi connectivity index (χ0) is 43.7. The molecule has 3 unspecified atom stereocenters. The van der Waals surface area contributed by atoms with Gasteiger partial charge in [0.1, 0.15) is 0 Å². The highest BCUT2D eigenvalue weighted by Gasteiger charge is 2.43. The van der Waals surface area contributed by atoms with Crippen molar-refractivity contribution in [2.75, 3.05) is 159 Å². The fourth-order valence-corrected chi connectivity index (χ4v) is 17.6. The van der Waals surface area contributed by atoms with Crippen molar-refractivity contribution in [1.29, 1.82) is 0 Å². The lowest BCUT2D eigenvalue weighted by molar-refractivity contribution is -0.0238. The first kappa shape index (κ1) is 73.7. The molecule has 0 spiro atoms. The Kier molecular flexibility index (Phi) is 60.1. The van der Waals surface area contributed by atoms with Crippen LogP contribution in [0.2, 0.25) is 51.4 Å². The molecular formula is C40H104N4O14Si4. The van der Waals surface area contributed by atoms with Crippen LogP contribution in [0.3, 0.4) is 0 Å². The van der Waals surface area contributed by atoms with Crippen LogP contribution in [-0.2, 0) is 50.6 Å². The molecule has 0 heterocycles. The van der Waals surface area contributed by atoms with Crippen molar-refractivity contribution in [3.63, 3.8) is 0 Å². The highest BCUT2D eigenvalue weighted by atomic mass is 28.5. The maximum Gasteiger partial charge on any atom is 0.410 e. The molecular weight excluding hydrogens is 873 g/mol. The Bertz CT molecular complexity index is 867. The summed E-state index contributed by atoms with van der Waals surface area (Å²) in [6.07, 6.45) is 2.84. The molecule has 0 radical (unpaired) electrons. The van der Waals surface area contributed by atoms with Gasteiger partial charge in [-0.1, -0.05) is 36.6 Å². The first-order chi connectivity index (χ1) is 27.7. The van der Waals surface area contributed by atoms with Gasteiger partial charge in [-0.25, -0.2) is 0 Å². The minimum atomic E-state index is -3.05. The third kappa shape index (κ3) is 58.2. The van der Waals surface area contributed by atoms with Crippen LogP contribution in [0.4, 0.5) is 0 Å². The van der Waals surface area contributed by atoms with E-state index >= 15 is 0 Å². The highest BCUT2D eigenvalue weighted by Crippen LogP contribution is 2.24. The van der Waals surface area contributed by atoms with E-state index in [1.165, 1.54) is 0 Å². The number of ether oxygens (including phenoxy) is 8. The number of hydrogen-bond acceptors (Lipinski definition) is 18. The summed E-state index contributed by atoms with van der Waals surface area (Å²) in [4.78, 5) is 23.7. The van der Waals surface area contributed by atoms with Crippen LogP contribution in [0.15, 0.2) is 0 Å². The Morgan fingerprint density at radius 1 is 0.484 bits per heavy atom. The van der Waals surface area contributed by atoms with Gasteiger partial charge in [0.05, 0.1) is 106 Å². The quantitative estimate of drug-likeness (QED) is 0.0341. The summed E-state index contributed by atoms with van der Waals surface area (Å²) < 4.78 is 61.5. The van der Waals surface area contributed by atoms with Gasteiger partial charge in [0.25, 0.3) is 0 Å². The monoisotopic (exact) mass is 977 g/mol. The summed E-state index contributed by atoms with van der Waals surface area (Å²) in [5.74, 6) is 0. The molecule has 8 N–H and O–H groups in total. The Hall–Kier alpha value is 0.148. The molecule has 0 fully saturated rings. The van der Waals surface area contributed by atoms with E-state index in [1.807, 2.05) is 0 Å². The molecule has 0 bridgehead atoms. The molecule has 0 amide bonds. The van der Waals surface area contributed by atoms with E-state index in [9.17, 15) is 9.59 Å². The number of rotatable bonds is 44. The van der Waals surface area contributed by atoms with Crippen LogP contribution in [0, 0.1) is 0 Å². The zero-order valence-corrected chi connectivity index (χ0v) is 41.7. The zero-order valence-electron chi connectivity index (χ0n) is 37.7. The number of hydrogen-bond donors (Lipinski definition) is 7. The van der Waals surface area contributed by atoms with Crippen molar-refractivity contribution >= 4 is 34.2 Å². The predicted molar refractivity (Wildman–Crippen MR) is 264 cm³/mol. The second kappa shape index (κ2) is 50.6. The lowest BCUT2D eigenvalue weighted by Gasteiger charge is -2.38. The van der Waals surface area contributed by atoms with E-state index < -0.39 is 34.2 Å². The van der Waals surface area contributed by atoms with Crippen molar-refractivity contribution in [2.24, 2.45) is 5.73 Å². The minimum Gasteiger partial charge on any atom is -0.437 e. The van der Waals surface area contributed by atoms with Crippen LogP contribution >= 0.6 is 0 Å². The number of aliphatic hydroxyl groups excluding tert-OH is 1. The molecule has 0 saturated carbocycles. The molecule has 384 valence electrons. The van der Waals surface area contributed by atoms with E-state index in [2.05, 4.69) is 48.7 Å². The molecule has 0 aromatic rings. The molecule has 3 atom stereocenters. The van der Waals surface area contributed by atoms with Crippen molar-refractivity contribution in [3.8, 4) is 0 Å². The molecule has 0 aliphatic heterocycles. The molecule has 0 rings (SSSR count). The Morgan fingerprint density at radius 2 is 0.887 bits per heavy atom. The van der Waals surface area contributed by atoms with Crippen LogP contribution in [0.25, 0.3) is 0 Å². The Balaban J connectivity index is -0.000000425. The molecule has 18 nitrogen and oxygen atoms in total. The van der Waals surface area contributed by atoms with E-state index in [0.717, 1.165) is 57.5 Å². The van der Waals surface area contributed by atoms with E-state index in [0.29, 0.717) is 119 Å². The number of nitrogens with two attached hydrogens (primary N) is 1. The molecule has 22 heteroatoms. The minimum absolute atomic E-state index is 0. The molecule has 0 aromatic heterocycles. The van der Waals surface area contributed by atoms with Crippen LogP contribution in [-0.4, -0.2) is 208 Å². The third-order valence-corrected chi connectivity index (χ3v) is 19.5. The van der Waals surface area contributed by atoms with Gasteiger partial charge in [-0.15, -0.1) is 0 Å². The lowest BCUT2D eigenvalue weighted by Crippen LogP contribution is -2.61. The normalized spacial score (nSPS) is 14.1. The van der Waals surface area contributed by atoms with E-state index in [4.69, 9.17) is 61.4 Å². The van der Waals surface area contributed by atoms with Gasteiger partial charge in [0.15, 0.2) is 8.32 Å². The predicted octanol–water partition coefficient (Wildman–Crippen LogP) is 3.77. The van der Waals surface area contributed by atoms with Crippen LogP contribution in [0.5, 0.6) is 0 Å². The summed E-state index contributed by atoms with van der Waals surface area (Å²) >= 11 is 0. The van der Waals surface area contributed by atoms with Gasteiger partial charge < -0.3 is 81.6 Å². The summed E-state index contributed by atoms with van der Waals surface area (Å²) in [7, 11) is -8.23. The highest BCUT2D eigenvalue weighted by molar-refractivity contribution is 6.86. The SMILES string of the molecule is C.C.C.C.CCCNCCN[Si](C)(O)O[Si](C)(CCCOCCOCCOCCOCCOCCOCCOCCOCCO)O[Si](C)(C)C.CO[Si](C)(O)CCCNCCN. The molecule has 0 aliphatic rings. The Morgan fingerprint density at radius 3 is 1.26 bits per heavy atom. The van der Waals surface area contributed by atoms with Crippen molar-refractivity contribution in [2.45, 2.75) is 107 Å². The molecule has 0 saturated heterocycles. The average Bonchev–Trinajstić information content (AvgIpc) is 3.15. The van der Waals surface area contributed by atoms with Gasteiger partial charge in [0, 0.05) is 39.9 Å². The summed E-state index contributed by atoms with van der Waals surface area (Å²) in [5.41, 5.74) is 5.29. The molecule has 0 aliphatic carbocycles. The van der Waals surface area contributed by atoms with Gasteiger partial charge in [-0.05, 0) is 83.7 Å². The average molecular weight is 978 g/mol. The number of aliphatic hydroxyl groups is 1. The fraction of sp³-hybridized carbons (Fsp3) is 1.00. The van der Waals surface area contributed by atoms with Gasteiger partial charge >= 0.3 is 25.8 Å². The van der Waals surface area contributed by atoms with Gasteiger partial charge in [-0.3, -0.25) is 4.98 Å². The Labute approximate surface area is 385 Å². The summed E-state index contributed by atoms with van der Waals surface area (Å²) in [6.45, 7) is 27.0. The van der Waals surface area contributed by atoms with E-state index in [1.54, 1.807) is 20.2 Å². The molecule has 62 heavy (non-hydrogen) atoms. The smallest absolute Gasteiger partial charge is 0.410 e. The number of nitrogens with one attached hydrogen (secondary N) is 3. The van der Waals surface area contributed by atoms with Gasteiger partial charge in [-0.2, -0.15) is 0 Å². The maximum atomic E-state index is 11.0. The van der Waals surface area contributed by atoms with Crippen molar-refractivity contribution in [3.05, 3.63) is 0 Å². The second-order valence-corrected chi connectivity index (χ2v) is 29.1. The third-order valence-electron chi connectivity index (χ3n) is 7.63. The van der Waals surface area contributed by atoms with Crippen molar-refractivity contribution < 1.29 is 65.2 Å².